The molecule has 1 N–H and O–H groups in total. The van der Waals surface area contributed by atoms with Crippen molar-refractivity contribution in [3.05, 3.63) is 53.2 Å². The van der Waals surface area contributed by atoms with Gasteiger partial charge in [0.25, 0.3) is 0 Å². The molecule has 0 radical (unpaired) electrons. The topological polar surface area (TPSA) is 32.3 Å². The van der Waals surface area contributed by atoms with Crippen LogP contribution in [0.5, 0.6) is 0 Å². The van der Waals surface area contributed by atoms with Crippen molar-refractivity contribution >= 4 is 23.3 Å². The van der Waals surface area contributed by atoms with E-state index >= 15 is 0 Å². The van der Waals surface area contributed by atoms with Crippen LogP contribution in [0.2, 0.25) is 0 Å². The van der Waals surface area contributed by atoms with Crippen molar-refractivity contribution in [1.29, 1.82) is 0 Å². The van der Waals surface area contributed by atoms with Crippen molar-refractivity contribution in [2.24, 2.45) is 0 Å². The van der Waals surface area contributed by atoms with Gasteiger partial charge in [0.1, 0.15) is 5.82 Å². The van der Waals surface area contributed by atoms with Gasteiger partial charge < -0.3 is 5.32 Å². The van der Waals surface area contributed by atoms with Gasteiger partial charge in [-0.15, -0.1) is 11.3 Å². The SMILES string of the molecule is O=C(/C=C/c1ccc(-c2ccc(F)cc2)s1)N[C@@H]1CCN2CCCC[C@@H]12. The fraction of sp³-hybridized carbons (Fsp3) is 0.381. The zero-order valence-electron chi connectivity index (χ0n) is 14.7. The molecule has 2 aliphatic rings. The Morgan fingerprint density at radius 2 is 1.96 bits per heavy atom. The van der Waals surface area contributed by atoms with Gasteiger partial charge in [-0.25, -0.2) is 4.39 Å². The fourth-order valence-corrected chi connectivity index (χ4v) is 4.93. The minimum atomic E-state index is -0.231. The molecule has 2 aliphatic heterocycles. The molecule has 2 saturated heterocycles. The Kier molecular flexibility index (Phi) is 5.18. The van der Waals surface area contributed by atoms with E-state index in [-0.39, 0.29) is 17.8 Å². The summed E-state index contributed by atoms with van der Waals surface area (Å²) in [5, 5.41) is 3.19. The van der Waals surface area contributed by atoms with E-state index in [9.17, 15) is 9.18 Å². The number of halogens is 1. The maximum atomic E-state index is 13.0. The van der Waals surface area contributed by atoms with Gasteiger partial charge in [-0.2, -0.15) is 0 Å². The first-order valence-corrected chi connectivity index (χ1v) is 10.1. The highest BCUT2D eigenvalue weighted by molar-refractivity contribution is 7.16. The number of piperidine rings is 1. The number of amides is 1. The third-order valence-electron chi connectivity index (χ3n) is 5.34. The summed E-state index contributed by atoms with van der Waals surface area (Å²) in [6.45, 7) is 2.28. The maximum Gasteiger partial charge on any atom is 0.244 e. The van der Waals surface area contributed by atoms with Crippen LogP contribution in [0.15, 0.2) is 42.5 Å². The molecule has 4 rings (SSSR count). The van der Waals surface area contributed by atoms with E-state index in [1.165, 1.54) is 37.9 Å². The number of rotatable bonds is 4. The Hall–Kier alpha value is -1.98. The molecule has 0 unspecified atom stereocenters. The zero-order valence-corrected chi connectivity index (χ0v) is 15.5. The number of benzene rings is 1. The third kappa shape index (κ3) is 3.89. The highest BCUT2D eigenvalue weighted by Gasteiger charge is 2.35. The van der Waals surface area contributed by atoms with E-state index in [4.69, 9.17) is 0 Å². The number of nitrogens with zero attached hydrogens (tertiary/aromatic N) is 1. The number of carbonyl (C=O) groups excluding carboxylic acids is 1. The van der Waals surface area contributed by atoms with Gasteiger partial charge in [0.2, 0.25) is 5.91 Å². The molecule has 2 aromatic rings. The first-order valence-electron chi connectivity index (χ1n) is 9.27. The Morgan fingerprint density at radius 1 is 1.12 bits per heavy atom. The molecule has 2 fully saturated rings. The summed E-state index contributed by atoms with van der Waals surface area (Å²) in [4.78, 5) is 16.9. The summed E-state index contributed by atoms with van der Waals surface area (Å²) >= 11 is 1.60. The third-order valence-corrected chi connectivity index (χ3v) is 6.44. The van der Waals surface area contributed by atoms with Crippen molar-refractivity contribution in [1.82, 2.24) is 10.2 Å². The van der Waals surface area contributed by atoms with Crippen molar-refractivity contribution in [2.75, 3.05) is 13.1 Å². The van der Waals surface area contributed by atoms with Gasteiger partial charge >= 0.3 is 0 Å². The first-order chi connectivity index (χ1) is 12.7. The molecular formula is C21H23FN2OS. The van der Waals surface area contributed by atoms with Crippen molar-refractivity contribution in [2.45, 2.75) is 37.8 Å². The summed E-state index contributed by atoms with van der Waals surface area (Å²) in [6, 6.07) is 11.3. The van der Waals surface area contributed by atoms with Gasteiger partial charge in [0.05, 0.1) is 0 Å². The predicted molar refractivity (Wildman–Crippen MR) is 105 cm³/mol. The van der Waals surface area contributed by atoms with Crippen LogP contribution in [-0.2, 0) is 4.79 Å². The molecule has 1 amide bonds. The minimum Gasteiger partial charge on any atom is -0.348 e. The number of nitrogens with one attached hydrogen (secondary N) is 1. The van der Waals surface area contributed by atoms with E-state index in [0.29, 0.717) is 6.04 Å². The lowest BCUT2D eigenvalue weighted by Gasteiger charge is -2.32. The molecule has 0 aliphatic carbocycles. The van der Waals surface area contributed by atoms with E-state index in [1.54, 1.807) is 29.5 Å². The van der Waals surface area contributed by atoms with Crippen LogP contribution >= 0.6 is 11.3 Å². The van der Waals surface area contributed by atoms with Crippen LogP contribution < -0.4 is 5.32 Å². The lowest BCUT2D eigenvalue weighted by atomic mass is 9.99. The summed E-state index contributed by atoms with van der Waals surface area (Å²) in [5.41, 5.74) is 0.990. The molecule has 26 heavy (non-hydrogen) atoms. The van der Waals surface area contributed by atoms with Crippen LogP contribution in [0.4, 0.5) is 4.39 Å². The Balaban J connectivity index is 1.36. The Labute approximate surface area is 157 Å². The second-order valence-electron chi connectivity index (χ2n) is 7.05. The lowest BCUT2D eigenvalue weighted by Crippen LogP contribution is -2.46. The second kappa shape index (κ2) is 7.72. The number of fused-ring (bicyclic) bond motifs is 1. The molecule has 1 aromatic carbocycles. The molecule has 0 saturated carbocycles. The van der Waals surface area contributed by atoms with Crippen molar-refractivity contribution in [3.63, 3.8) is 0 Å². The van der Waals surface area contributed by atoms with Crippen molar-refractivity contribution in [3.8, 4) is 10.4 Å². The van der Waals surface area contributed by atoms with Gasteiger partial charge in [-0.1, -0.05) is 18.6 Å². The number of carbonyl (C=O) groups is 1. The van der Waals surface area contributed by atoms with Crippen LogP contribution in [0.3, 0.4) is 0 Å². The molecular weight excluding hydrogens is 347 g/mol. The van der Waals surface area contributed by atoms with Crippen molar-refractivity contribution < 1.29 is 9.18 Å². The van der Waals surface area contributed by atoms with Gasteiger partial charge in [-0.05, 0) is 61.7 Å². The molecule has 0 bridgehead atoms. The van der Waals surface area contributed by atoms with Crippen LogP contribution in [0.25, 0.3) is 16.5 Å². The van der Waals surface area contributed by atoms with Gasteiger partial charge in [0.15, 0.2) is 0 Å². The molecule has 3 heterocycles. The molecule has 136 valence electrons. The van der Waals surface area contributed by atoms with E-state index < -0.39 is 0 Å². The normalized spacial score (nSPS) is 23.3. The van der Waals surface area contributed by atoms with Crippen LogP contribution in [-0.4, -0.2) is 36.0 Å². The summed E-state index contributed by atoms with van der Waals surface area (Å²) < 4.78 is 13.0. The second-order valence-corrected chi connectivity index (χ2v) is 8.16. The molecule has 0 spiro atoms. The summed E-state index contributed by atoms with van der Waals surface area (Å²) in [5.74, 6) is -0.246. The summed E-state index contributed by atoms with van der Waals surface area (Å²) in [6.07, 6.45) is 8.29. The average molecular weight is 370 g/mol. The van der Waals surface area contributed by atoms with Gasteiger partial charge in [-0.3, -0.25) is 9.69 Å². The molecule has 1 aromatic heterocycles. The standard InChI is InChI=1S/C21H23FN2OS/c22-16-6-4-15(5-7-16)20-10-8-17(26-20)9-11-21(25)23-18-12-14-24-13-2-1-3-19(18)24/h4-11,18-19H,1-3,12-14H2,(H,23,25)/b11-9+/t18-,19+/m1/s1. The number of hydrogen-bond acceptors (Lipinski definition) is 3. The molecule has 5 heteroatoms. The lowest BCUT2D eigenvalue weighted by molar-refractivity contribution is -0.117. The Morgan fingerprint density at radius 3 is 2.81 bits per heavy atom. The van der Waals surface area contributed by atoms with E-state index in [1.807, 2.05) is 18.2 Å². The average Bonchev–Trinajstić information content (AvgIpc) is 3.28. The van der Waals surface area contributed by atoms with E-state index in [0.717, 1.165) is 28.3 Å². The number of hydrogen-bond donors (Lipinski definition) is 1. The van der Waals surface area contributed by atoms with Gasteiger partial charge in [0, 0.05) is 34.5 Å². The highest BCUT2D eigenvalue weighted by atomic mass is 32.1. The fourth-order valence-electron chi connectivity index (χ4n) is 4.02. The quantitative estimate of drug-likeness (QED) is 0.814. The zero-order chi connectivity index (χ0) is 17.9. The minimum absolute atomic E-state index is 0.0147. The number of thiophene rings is 1. The Bertz CT molecular complexity index is 799. The maximum absolute atomic E-state index is 13.0. The van der Waals surface area contributed by atoms with E-state index in [2.05, 4.69) is 10.2 Å². The smallest absolute Gasteiger partial charge is 0.244 e. The molecule has 2 atom stereocenters. The predicted octanol–water partition coefficient (Wildman–Crippen LogP) is 4.31. The summed E-state index contributed by atoms with van der Waals surface area (Å²) in [7, 11) is 0. The monoisotopic (exact) mass is 370 g/mol. The van der Waals surface area contributed by atoms with Crippen LogP contribution in [0.1, 0.15) is 30.6 Å². The first kappa shape index (κ1) is 17.4. The highest BCUT2D eigenvalue weighted by Crippen LogP contribution is 2.29. The van der Waals surface area contributed by atoms with Crippen LogP contribution in [0, 0.1) is 5.82 Å². The largest absolute Gasteiger partial charge is 0.348 e. The molecule has 3 nitrogen and oxygen atoms in total.